The van der Waals surface area contributed by atoms with Crippen LogP contribution in [-0.4, -0.2) is 18.0 Å². The summed E-state index contributed by atoms with van der Waals surface area (Å²) in [5.41, 5.74) is 0.924. The summed E-state index contributed by atoms with van der Waals surface area (Å²) in [5.74, 6) is 1.43. The number of rotatable bonds is 4. The van der Waals surface area contributed by atoms with Crippen LogP contribution in [0.5, 0.6) is 11.5 Å². The number of para-hydroxylation sites is 1. The third-order valence-electron chi connectivity index (χ3n) is 3.43. The van der Waals surface area contributed by atoms with Crippen LogP contribution in [0.15, 0.2) is 30.3 Å². The molecule has 1 aliphatic heterocycles. The summed E-state index contributed by atoms with van der Waals surface area (Å²) in [7, 11) is 0. The lowest BCUT2D eigenvalue weighted by Gasteiger charge is -2.18. The average molecular weight is 302 g/mol. The Labute approximate surface area is 128 Å². The average Bonchev–Trinajstić information content (AvgIpc) is 2.97. The summed E-state index contributed by atoms with van der Waals surface area (Å²) in [6.07, 6.45) is 0.859. The molecule has 3 nitrogen and oxygen atoms in total. The summed E-state index contributed by atoms with van der Waals surface area (Å²) in [4.78, 5) is 14.0. The summed E-state index contributed by atoms with van der Waals surface area (Å²) < 4.78 is 11.6. The Morgan fingerprint density at radius 2 is 2.14 bits per heavy atom. The molecule has 1 aliphatic rings. The van der Waals surface area contributed by atoms with Crippen molar-refractivity contribution in [3.63, 3.8) is 0 Å². The largest absolute Gasteiger partial charge is 0.483 e. The van der Waals surface area contributed by atoms with E-state index < -0.39 is 0 Å². The first-order valence-corrected chi connectivity index (χ1v) is 7.80. The molecule has 1 aromatic carbocycles. The maximum atomic E-state index is 12.1. The second kappa shape index (κ2) is 5.19. The van der Waals surface area contributed by atoms with Gasteiger partial charge in [0.1, 0.15) is 5.60 Å². The van der Waals surface area contributed by atoms with Crippen LogP contribution >= 0.6 is 11.3 Å². The van der Waals surface area contributed by atoms with Crippen molar-refractivity contribution < 1.29 is 14.3 Å². The standard InChI is InChI=1S/C17H18O3S/c1-11-7-8-15(21-11)13(18)10-19-14-6-4-5-12-9-17(2,3)20-16(12)14/h4-8H,9-10H2,1-3H3. The molecule has 0 saturated carbocycles. The highest BCUT2D eigenvalue weighted by atomic mass is 32.1. The molecule has 0 amide bonds. The molecular weight excluding hydrogens is 284 g/mol. The lowest BCUT2D eigenvalue weighted by atomic mass is 10.0. The molecular formula is C17H18O3S. The van der Waals surface area contributed by atoms with Crippen molar-refractivity contribution in [1.82, 2.24) is 0 Å². The van der Waals surface area contributed by atoms with E-state index in [-0.39, 0.29) is 18.0 Å². The molecule has 2 aromatic rings. The molecule has 0 fully saturated rings. The van der Waals surface area contributed by atoms with Crippen molar-refractivity contribution in [2.75, 3.05) is 6.61 Å². The minimum Gasteiger partial charge on any atom is -0.483 e. The third kappa shape index (κ3) is 2.95. The zero-order chi connectivity index (χ0) is 15.0. The van der Waals surface area contributed by atoms with Gasteiger partial charge in [0, 0.05) is 16.9 Å². The first-order valence-electron chi connectivity index (χ1n) is 6.98. The molecule has 0 atom stereocenters. The molecule has 0 unspecified atom stereocenters. The first-order chi connectivity index (χ1) is 9.94. The van der Waals surface area contributed by atoms with E-state index in [1.807, 2.05) is 37.3 Å². The molecule has 0 aliphatic carbocycles. The molecule has 110 valence electrons. The van der Waals surface area contributed by atoms with Crippen LogP contribution in [-0.2, 0) is 6.42 Å². The van der Waals surface area contributed by atoms with Gasteiger partial charge in [-0.2, -0.15) is 0 Å². The zero-order valence-electron chi connectivity index (χ0n) is 12.4. The maximum Gasteiger partial charge on any atom is 0.210 e. The van der Waals surface area contributed by atoms with Crippen molar-refractivity contribution in [2.45, 2.75) is 32.8 Å². The third-order valence-corrected chi connectivity index (χ3v) is 4.47. The van der Waals surface area contributed by atoms with Gasteiger partial charge in [0.2, 0.25) is 5.78 Å². The van der Waals surface area contributed by atoms with Gasteiger partial charge in [0.05, 0.1) is 4.88 Å². The second-order valence-electron chi connectivity index (χ2n) is 5.91. The van der Waals surface area contributed by atoms with E-state index in [1.165, 1.54) is 11.3 Å². The second-order valence-corrected chi connectivity index (χ2v) is 7.19. The van der Waals surface area contributed by atoms with Crippen LogP contribution in [0.25, 0.3) is 0 Å². The number of fused-ring (bicyclic) bond motifs is 1. The van der Waals surface area contributed by atoms with E-state index in [0.29, 0.717) is 5.75 Å². The van der Waals surface area contributed by atoms with Gasteiger partial charge in [-0.25, -0.2) is 0 Å². The van der Waals surface area contributed by atoms with E-state index in [2.05, 4.69) is 13.8 Å². The molecule has 21 heavy (non-hydrogen) atoms. The molecule has 0 spiro atoms. The van der Waals surface area contributed by atoms with Gasteiger partial charge in [0.15, 0.2) is 18.1 Å². The Kier molecular flexibility index (Phi) is 3.49. The molecule has 1 aromatic heterocycles. The SMILES string of the molecule is Cc1ccc(C(=O)COc2cccc3c2OC(C)(C)C3)s1. The normalized spacial score (nSPS) is 15.4. The fourth-order valence-electron chi connectivity index (χ4n) is 2.50. The number of carbonyl (C=O) groups excluding carboxylic acids is 1. The van der Waals surface area contributed by atoms with E-state index >= 15 is 0 Å². The molecule has 4 heteroatoms. The van der Waals surface area contributed by atoms with Gasteiger partial charge < -0.3 is 9.47 Å². The monoisotopic (exact) mass is 302 g/mol. The highest BCUT2D eigenvalue weighted by Crippen LogP contribution is 2.41. The molecule has 0 bridgehead atoms. The Morgan fingerprint density at radius 1 is 1.33 bits per heavy atom. The predicted octanol–water partition coefficient (Wildman–Crippen LogP) is 4.03. The topological polar surface area (TPSA) is 35.5 Å². The minimum absolute atomic E-state index is 0.00274. The van der Waals surface area contributed by atoms with Crippen molar-refractivity contribution in [3.8, 4) is 11.5 Å². The van der Waals surface area contributed by atoms with Gasteiger partial charge in [-0.3, -0.25) is 4.79 Å². The van der Waals surface area contributed by atoms with Crippen molar-refractivity contribution >= 4 is 17.1 Å². The minimum atomic E-state index is -0.212. The van der Waals surface area contributed by atoms with E-state index in [9.17, 15) is 4.79 Å². The quantitative estimate of drug-likeness (QED) is 0.800. The number of Topliss-reactive ketones (excluding diaryl/α,β-unsaturated/α-hetero) is 1. The van der Waals surface area contributed by atoms with Crippen LogP contribution in [0, 0.1) is 6.92 Å². The van der Waals surface area contributed by atoms with Crippen molar-refractivity contribution in [1.29, 1.82) is 0 Å². The Bertz CT molecular complexity index is 685. The lowest BCUT2D eigenvalue weighted by molar-refractivity contribution is 0.0916. The van der Waals surface area contributed by atoms with Gasteiger partial charge >= 0.3 is 0 Å². The van der Waals surface area contributed by atoms with Crippen LogP contribution in [0.4, 0.5) is 0 Å². The number of hydrogen-bond donors (Lipinski definition) is 0. The Balaban J connectivity index is 1.73. The zero-order valence-corrected chi connectivity index (χ0v) is 13.3. The number of carbonyl (C=O) groups is 1. The lowest BCUT2D eigenvalue weighted by Crippen LogP contribution is -2.24. The Hall–Kier alpha value is -1.81. The number of thiophene rings is 1. The van der Waals surface area contributed by atoms with Gasteiger partial charge in [-0.15, -0.1) is 11.3 Å². The first kappa shape index (κ1) is 14.1. The molecule has 3 rings (SSSR count). The summed E-state index contributed by atoms with van der Waals surface area (Å²) in [6, 6.07) is 9.64. The van der Waals surface area contributed by atoms with Crippen molar-refractivity contribution in [3.05, 3.63) is 45.6 Å². The molecule has 0 N–H and O–H groups in total. The fourth-order valence-corrected chi connectivity index (χ4v) is 3.29. The summed E-state index contributed by atoms with van der Waals surface area (Å²) >= 11 is 1.50. The van der Waals surface area contributed by atoms with E-state index in [1.54, 1.807) is 0 Å². The van der Waals surface area contributed by atoms with E-state index in [0.717, 1.165) is 27.5 Å². The number of hydrogen-bond acceptors (Lipinski definition) is 4. The molecule has 0 saturated heterocycles. The number of aryl methyl sites for hydroxylation is 1. The van der Waals surface area contributed by atoms with Crippen molar-refractivity contribution in [2.24, 2.45) is 0 Å². The predicted molar refractivity (Wildman–Crippen MR) is 83.7 cm³/mol. The van der Waals surface area contributed by atoms with Crippen LogP contribution in [0.2, 0.25) is 0 Å². The number of ether oxygens (including phenoxy) is 2. The van der Waals surface area contributed by atoms with E-state index in [4.69, 9.17) is 9.47 Å². The summed E-state index contributed by atoms with van der Waals surface area (Å²) in [6.45, 7) is 6.13. The number of ketones is 1. The molecule has 0 radical (unpaired) electrons. The number of benzene rings is 1. The van der Waals surface area contributed by atoms with Gasteiger partial charge in [-0.1, -0.05) is 12.1 Å². The van der Waals surface area contributed by atoms with Gasteiger partial charge in [-0.05, 0) is 39.0 Å². The summed E-state index contributed by atoms with van der Waals surface area (Å²) in [5, 5.41) is 0. The Morgan fingerprint density at radius 3 is 2.86 bits per heavy atom. The highest BCUT2D eigenvalue weighted by Gasteiger charge is 2.32. The highest BCUT2D eigenvalue weighted by molar-refractivity contribution is 7.14. The van der Waals surface area contributed by atoms with Crippen LogP contribution in [0.1, 0.15) is 34.0 Å². The molecule has 2 heterocycles. The fraction of sp³-hybridized carbons (Fsp3) is 0.353. The smallest absolute Gasteiger partial charge is 0.210 e. The maximum absolute atomic E-state index is 12.1. The van der Waals surface area contributed by atoms with Crippen LogP contribution < -0.4 is 9.47 Å². The van der Waals surface area contributed by atoms with Crippen LogP contribution in [0.3, 0.4) is 0 Å². The van der Waals surface area contributed by atoms with Gasteiger partial charge in [0.25, 0.3) is 0 Å².